The molecule has 0 aliphatic rings. The molecule has 0 saturated heterocycles. The third-order valence-electron chi connectivity index (χ3n) is 3.11. The highest BCUT2D eigenvalue weighted by Gasteiger charge is 2.12. The highest BCUT2D eigenvalue weighted by molar-refractivity contribution is 6.36. The minimum absolute atomic E-state index is 0.186. The number of rotatable bonds is 4. The molecule has 0 spiro atoms. The molecule has 0 aliphatic heterocycles. The van der Waals surface area contributed by atoms with Gasteiger partial charge >= 0.3 is 0 Å². The van der Waals surface area contributed by atoms with Crippen LogP contribution in [0.1, 0.15) is 28.8 Å². The monoisotopic (exact) mass is 307 g/mol. The van der Waals surface area contributed by atoms with Crippen molar-refractivity contribution >= 4 is 29.1 Å². The normalized spacial score (nSPS) is 11.9. The van der Waals surface area contributed by atoms with Gasteiger partial charge in [-0.1, -0.05) is 60.5 Å². The van der Waals surface area contributed by atoms with Crippen molar-refractivity contribution in [3.05, 3.63) is 69.7 Å². The van der Waals surface area contributed by atoms with Gasteiger partial charge in [-0.25, -0.2) is 0 Å². The van der Waals surface area contributed by atoms with Crippen LogP contribution in [0.4, 0.5) is 0 Å². The summed E-state index contributed by atoms with van der Waals surface area (Å²) in [4.78, 5) is 12.1. The third kappa shape index (κ3) is 3.75. The molecule has 2 aromatic carbocycles. The quantitative estimate of drug-likeness (QED) is 0.883. The molecule has 1 amide bonds. The smallest absolute Gasteiger partial charge is 0.252 e. The molecule has 0 aromatic heterocycles. The third-order valence-corrected chi connectivity index (χ3v) is 3.66. The Morgan fingerprint density at radius 2 is 1.85 bits per heavy atom. The van der Waals surface area contributed by atoms with Crippen LogP contribution in [-0.4, -0.2) is 12.5 Å². The minimum atomic E-state index is -0.186. The SMILES string of the molecule is CC(CNC(=O)c1ccc(Cl)cc1Cl)c1ccccc1. The largest absolute Gasteiger partial charge is 0.351 e. The standard InChI is InChI=1S/C16H15Cl2NO/c1-11(12-5-3-2-4-6-12)10-19-16(20)14-8-7-13(17)9-15(14)18/h2-9,11H,10H2,1H3,(H,19,20). The molecule has 1 atom stereocenters. The van der Waals surface area contributed by atoms with E-state index in [0.717, 1.165) is 0 Å². The number of carbonyl (C=O) groups excluding carboxylic acids is 1. The van der Waals surface area contributed by atoms with Crippen LogP contribution in [-0.2, 0) is 0 Å². The van der Waals surface area contributed by atoms with Crippen molar-refractivity contribution in [3.8, 4) is 0 Å². The van der Waals surface area contributed by atoms with E-state index in [1.54, 1.807) is 18.2 Å². The maximum Gasteiger partial charge on any atom is 0.252 e. The molecule has 0 fully saturated rings. The predicted molar refractivity (Wildman–Crippen MR) is 83.7 cm³/mol. The molecule has 2 nitrogen and oxygen atoms in total. The second-order valence-electron chi connectivity index (χ2n) is 4.65. The minimum Gasteiger partial charge on any atom is -0.351 e. The van der Waals surface area contributed by atoms with E-state index < -0.39 is 0 Å². The Labute approximate surface area is 128 Å². The molecule has 0 aliphatic carbocycles. The van der Waals surface area contributed by atoms with E-state index in [1.165, 1.54) is 5.56 Å². The van der Waals surface area contributed by atoms with Crippen LogP contribution in [0.15, 0.2) is 48.5 Å². The predicted octanol–water partition coefficient (Wildman–Crippen LogP) is 4.53. The van der Waals surface area contributed by atoms with Gasteiger partial charge < -0.3 is 5.32 Å². The fourth-order valence-corrected chi connectivity index (χ4v) is 2.41. The number of halogens is 2. The highest BCUT2D eigenvalue weighted by Crippen LogP contribution is 2.21. The molecule has 0 heterocycles. The summed E-state index contributed by atoms with van der Waals surface area (Å²) in [6.45, 7) is 2.63. The first kappa shape index (κ1) is 14.9. The molecule has 0 bridgehead atoms. The zero-order valence-corrected chi connectivity index (χ0v) is 12.6. The van der Waals surface area contributed by atoms with Crippen LogP contribution >= 0.6 is 23.2 Å². The molecule has 1 N–H and O–H groups in total. The number of hydrogen-bond donors (Lipinski definition) is 1. The number of benzene rings is 2. The maximum atomic E-state index is 12.1. The van der Waals surface area contributed by atoms with E-state index in [2.05, 4.69) is 12.2 Å². The van der Waals surface area contributed by atoms with Gasteiger partial charge in [0.1, 0.15) is 0 Å². The Morgan fingerprint density at radius 1 is 1.15 bits per heavy atom. The topological polar surface area (TPSA) is 29.1 Å². The first-order valence-corrected chi connectivity index (χ1v) is 7.11. The van der Waals surface area contributed by atoms with E-state index >= 15 is 0 Å². The molecular formula is C16H15Cl2NO. The lowest BCUT2D eigenvalue weighted by atomic mass is 10.0. The molecule has 1 unspecified atom stereocenters. The number of amides is 1. The number of nitrogens with one attached hydrogen (secondary N) is 1. The molecular weight excluding hydrogens is 293 g/mol. The van der Waals surface area contributed by atoms with Crippen LogP contribution in [0.2, 0.25) is 10.0 Å². The number of carbonyl (C=O) groups is 1. The van der Waals surface area contributed by atoms with Crippen LogP contribution in [0, 0.1) is 0 Å². The Bertz CT molecular complexity index is 599. The van der Waals surface area contributed by atoms with Gasteiger partial charge in [0.15, 0.2) is 0 Å². The Balaban J connectivity index is 1.99. The highest BCUT2D eigenvalue weighted by atomic mass is 35.5. The summed E-state index contributed by atoms with van der Waals surface area (Å²) in [5.41, 5.74) is 1.63. The maximum absolute atomic E-state index is 12.1. The molecule has 20 heavy (non-hydrogen) atoms. The summed E-state index contributed by atoms with van der Waals surface area (Å²) in [5, 5.41) is 3.77. The average molecular weight is 308 g/mol. The molecule has 0 saturated carbocycles. The Morgan fingerprint density at radius 3 is 2.50 bits per heavy atom. The van der Waals surface area contributed by atoms with E-state index in [1.807, 2.05) is 30.3 Å². The summed E-state index contributed by atoms with van der Waals surface area (Å²) >= 11 is 11.8. The Kier molecular flexibility index (Phi) is 5.05. The number of hydrogen-bond acceptors (Lipinski definition) is 1. The first-order chi connectivity index (χ1) is 9.58. The van der Waals surface area contributed by atoms with Gasteiger partial charge in [0.25, 0.3) is 5.91 Å². The van der Waals surface area contributed by atoms with Gasteiger partial charge in [0.2, 0.25) is 0 Å². The summed E-state index contributed by atoms with van der Waals surface area (Å²) in [6, 6.07) is 14.9. The van der Waals surface area contributed by atoms with Crippen molar-refractivity contribution in [2.45, 2.75) is 12.8 Å². The van der Waals surface area contributed by atoms with Gasteiger partial charge in [-0.05, 0) is 29.7 Å². The van der Waals surface area contributed by atoms with Crippen molar-refractivity contribution in [1.82, 2.24) is 5.32 Å². The van der Waals surface area contributed by atoms with Crippen molar-refractivity contribution in [2.24, 2.45) is 0 Å². The van der Waals surface area contributed by atoms with E-state index in [-0.39, 0.29) is 11.8 Å². The fraction of sp³-hybridized carbons (Fsp3) is 0.188. The lowest BCUT2D eigenvalue weighted by molar-refractivity contribution is 0.0952. The van der Waals surface area contributed by atoms with Crippen LogP contribution in [0.3, 0.4) is 0 Å². The van der Waals surface area contributed by atoms with Crippen LogP contribution < -0.4 is 5.32 Å². The summed E-state index contributed by atoms with van der Waals surface area (Å²) in [6.07, 6.45) is 0. The second kappa shape index (κ2) is 6.78. The van der Waals surface area contributed by atoms with Crippen molar-refractivity contribution in [2.75, 3.05) is 6.54 Å². The average Bonchev–Trinajstić information content (AvgIpc) is 2.45. The molecule has 4 heteroatoms. The molecule has 104 valence electrons. The van der Waals surface area contributed by atoms with Crippen LogP contribution in [0.5, 0.6) is 0 Å². The fourth-order valence-electron chi connectivity index (χ4n) is 1.91. The zero-order chi connectivity index (χ0) is 14.5. The Hall–Kier alpha value is -1.51. The van der Waals surface area contributed by atoms with E-state index in [4.69, 9.17) is 23.2 Å². The van der Waals surface area contributed by atoms with Crippen LogP contribution in [0.25, 0.3) is 0 Å². The van der Waals surface area contributed by atoms with Crippen molar-refractivity contribution < 1.29 is 4.79 Å². The molecule has 2 aromatic rings. The molecule has 2 rings (SSSR count). The zero-order valence-electron chi connectivity index (χ0n) is 11.1. The second-order valence-corrected chi connectivity index (χ2v) is 5.49. The lowest BCUT2D eigenvalue weighted by Gasteiger charge is -2.13. The van der Waals surface area contributed by atoms with Gasteiger partial charge in [0.05, 0.1) is 10.6 Å². The van der Waals surface area contributed by atoms with Crippen molar-refractivity contribution in [1.29, 1.82) is 0 Å². The molecule has 0 radical (unpaired) electrons. The van der Waals surface area contributed by atoms with Gasteiger partial charge in [-0.3, -0.25) is 4.79 Å². The first-order valence-electron chi connectivity index (χ1n) is 6.36. The lowest BCUT2D eigenvalue weighted by Crippen LogP contribution is -2.27. The summed E-state index contributed by atoms with van der Waals surface area (Å²) < 4.78 is 0. The summed E-state index contributed by atoms with van der Waals surface area (Å²) in [5.74, 6) is 0.0562. The summed E-state index contributed by atoms with van der Waals surface area (Å²) in [7, 11) is 0. The van der Waals surface area contributed by atoms with Gasteiger partial charge in [0, 0.05) is 11.6 Å². The van der Waals surface area contributed by atoms with E-state index in [0.29, 0.717) is 22.2 Å². The van der Waals surface area contributed by atoms with E-state index in [9.17, 15) is 4.79 Å². The van der Waals surface area contributed by atoms with Crippen molar-refractivity contribution in [3.63, 3.8) is 0 Å². The van der Waals surface area contributed by atoms with Gasteiger partial charge in [-0.2, -0.15) is 0 Å². The van der Waals surface area contributed by atoms with Gasteiger partial charge in [-0.15, -0.1) is 0 Å².